The lowest BCUT2D eigenvalue weighted by molar-refractivity contribution is 0.209. The maximum absolute atomic E-state index is 10.6. The summed E-state index contributed by atoms with van der Waals surface area (Å²) in [7, 11) is 3.89. The average molecular weight is 292 g/mol. The first kappa shape index (κ1) is 13.5. The van der Waals surface area contributed by atoms with Crippen molar-refractivity contribution in [2.45, 2.75) is 18.9 Å². The van der Waals surface area contributed by atoms with E-state index in [4.69, 9.17) is 11.6 Å². The van der Waals surface area contributed by atoms with Gasteiger partial charge in [-0.25, -0.2) is 0 Å². The third-order valence-corrected chi connectivity index (χ3v) is 4.26. The third-order valence-electron chi connectivity index (χ3n) is 3.97. The summed E-state index contributed by atoms with van der Waals surface area (Å²) in [6.45, 7) is 1.09. The largest absolute Gasteiger partial charge is 0.382 e. The molecule has 4 nitrogen and oxygen atoms in total. The van der Waals surface area contributed by atoms with Crippen molar-refractivity contribution in [1.82, 2.24) is 9.78 Å². The molecular formula is C15H18ClN3O. The molecule has 0 spiro atoms. The second-order valence-electron chi connectivity index (χ2n) is 5.32. The number of anilines is 1. The highest BCUT2D eigenvalue weighted by Gasteiger charge is 2.21. The normalized spacial score (nSPS) is 16.1. The molecule has 0 aliphatic carbocycles. The molecule has 0 saturated carbocycles. The summed E-state index contributed by atoms with van der Waals surface area (Å²) in [5.74, 6) is 0. The fourth-order valence-corrected chi connectivity index (χ4v) is 3.13. The minimum Gasteiger partial charge on any atom is -0.382 e. The van der Waals surface area contributed by atoms with Crippen molar-refractivity contribution in [3.05, 3.63) is 46.2 Å². The molecule has 5 heteroatoms. The van der Waals surface area contributed by atoms with E-state index >= 15 is 0 Å². The van der Waals surface area contributed by atoms with Crippen LogP contribution in [0.4, 0.5) is 5.69 Å². The van der Waals surface area contributed by atoms with E-state index in [-0.39, 0.29) is 0 Å². The average Bonchev–Trinajstić information content (AvgIpc) is 2.77. The molecule has 2 heterocycles. The molecule has 1 unspecified atom stereocenters. The van der Waals surface area contributed by atoms with E-state index in [1.165, 1.54) is 11.3 Å². The summed E-state index contributed by atoms with van der Waals surface area (Å²) in [6, 6.07) is 6.13. The number of aliphatic hydroxyl groups excluding tert-OH is 1. The number of aryl methyl sites for hydroxylation is 2. The lowest BCUT2D eigenvalue weighted by Gasteiger charge is -2.28. The predicted octanol–water partition coefficient (Wildman–Crippen LogP) is 2.54. The van der Waals surface area contributed by atoms with Gasteiger partial charge in [0.2, 0.25) is 0 Å². The fourth-order valence-electron chi connectivity index (χ4n) is 2.86. The molecule has 1 N–H and O–H groups in total. The number of benzene rings is 1. The van der Waals surface area contributed by atoms with Crippen LogP contribution in [0.3, 0.4) is 0 Å². The van der Waals surface area contributed by atoms with Gasteiger partial charge in [0.25, 0.3) is 0 Å². The number of halogens is 1. The smallest absolute Gasteiger partial charge is 0.122 e. The Morgan fingerprint density at radius 3 is 2.85 bits per heavy atom. The van der Waals surface area contributed by atoms with Crippen LogP contribution in [0.1, 0.15) is 29.3 Å². The van der Waals surface area contributed by atoms with Crippen molar-refractivity contribution < 1.29 is 5.11 Å². The summed E-state index contributed by atoms with van der Waals surface area (Å²) in [5.41, 5.74) is 4.04. The van der Waals surface area contributed by atoms with Gasteiger partial charge in [-0.05, 0) is 30.0 Å². The first-order chi connectivity index (χ1) is 9.58. The second kappa shape index (κ2) is 5.11. The van der Waals surface area contributed by atoms with Crippen molar-refractivity contribution in [3.63, 3.8) is 0 Å². The minimum atomic E-state index is -0.743. The van der Waals surface area contributed by atoms with Crippen molar-refractivity contribution in [3.8, 4) is 0 Å². The van der Waals surface area contributed by atoms with Gasteiger partial charge in [-0.3, -0.25) is 4.68 Å². The molecule has 0 radical (unpaired) electrons. The van der Waals surface area contributed by atoms with Gasteiger partial charge in [-0.15, -0.1) is 0 Å². The quantitative estimate of drug-likeness (QED) is 0.924. The van der Waals surface area contributed by atoms with Crippen LogP contribution in [0.2, 0.25) is 5.02 Å². The van der Waals surface area contributed by atoms with Crippen LogP contribution < -0.4 is 4.90 Å². The molecule has 106 valence electrons. The van der Waals surface area contributed by atoms with E-state index in [1.54, 1.807) is 17.9 Å². The van der Waals surface area contributed by atoms with Crippen molar-refractivity contribution in [1.29, 1.82) is 0 Å². The topological polar surface area (TPSA) is 41.3 Å². The Hall–Kier alpha value is -1.52. The highest BCUT2D eigenvalue weighted by molar-refractivity contribution is 6.31. The zero-order chi connectivity index (χ0) is 14.3. The second-order valence-corrected chi connectivity index (χ2v) is 5.72. The van der Waals surface area contributed by atoms with Crippen molar-refractivity contribution >= 4 is 17.3 Å². The molecule has 1 atom stereocenters. The predicted molar refractivity (Wildman–Crippen MR) is 80.3 cm³/mol. The molecule has 0 bridgehead atoms. The van der Waals surface area contributed by atoms with Crippen LogP contribution >= 0.6 is 11.6 Å². The van der Waals surface area contributed by atoms with Gasteiger partial charge in [0.1, 0.15) is 6.10 Å². The standard InChI is InChI=1S/C15H18ClN3O/c1-18-7-3-4-10-8-11(5-6-13(10)18)15(20)14-12(16)9-17-19(14)2/h5-6,8-9,15,20H,3-4,7H2,1-2H3. The number of aromatic nitrogens is 2. The molecule has 20 heavy (non-hydrogen) atoms. The maximum Gasteiger partial charge on any atom is 0.122 e. The lowest BCUT2D eigenvalue weighted by Crippen LogP contribution is -2.24. The number of nitrogens with zero attached hydrogens (tertiary/aromatic N) is 3. The Morgan fingerprint density at radius 1 is 1.35 bits per heavy atom. The van der Waals surface area contributed by atoms with Crippen LogP contribution in [0, 0.1) is 0 Å². The monoisotopic (exact) mass is 291 g/mol. The highest BCUT2D eigenvalue weighted by Crippen LogP contribution is 2.32. The van der Waals surface area contributed by atoms with E-state index in [0.717, 1.165) is 24.9 Å². The molecule has 2 aromatic rings. The molecule has 3 rings (SSSR count). The Kier molecular flexibility index (Phi) is 3.44. The molecule has 1 aromatic carbocycles. The summed E-state index contributed by atoms with van der Waals surface area (Å²) in [6.07, 6.45) is 3.02. The Morgan fingerprint density at radius 2 is 2.15 bits per heavy atom. The van der Waals surface area contributed by atoms with Crippen LogP contribution in [0.5, 0.6) is 0 Å². The van der Waals surface area contributed by atoms with Crippen LogP contribution in [-0.2, 0) is 13.5 Å². The Labute approximate surface area is 123 Å². The van der Waals surface area contributed by atoms with Crippen LogP contribution in [-0.4, -0.2) is 28.5 Å². The van der Waals surface area contributed by atoms with Gasteiger partial charge >= 0.3 is 0 Å². The van der Waals surface area contributed by atoms with Crippen LogP contribution in [0.25, 0.3) is 0 Å². The van der Waals surface area contributed by atoms with E-state index in [0.29, 0.717) is 10.7 Å². The zero-order valence-electron chi connectivity index (χ0n) is 11.7. The molecule has 1 aromatic heterocycles. The summed E-state index contributed by atoms with van der Waals surface area (Å²) >= 11 is 6.10. The van der Waals surface area contributed by atoms with Gasteiger partial charge in [-0.2, -0.15) is 5.10 Å². The van der Waals surface area contributed by atoms with Crippen molar-refractivity contribution in [2.24, 2.45) is 7.05 Å². The lowest BCUT2D eigenvalue weighted by atomic mass is 9.96. The zero-order valence-corrected chi connectivity index (χ0v) is 12.4. The molecule has 0 fully saturated rings. The summed E-state index contributed by atoms with van der Waals surface area (Å²) in [4.78, 5) is 2.26. The van der Waals surface area contributed by atoms with Gasteiger partial charge in [0.15, 0.2) is 0 Å². The summed E-state index contributed by atoms with van der Waals surface area (Å²) < 4.78 is 1.62. The fraction of sp³-hybridized carbons (Fsp3) is 0.400. The maximum atomic E-state index is 10.6. The number of rotatable bonds is 2. The Bertz CT molecular complexity index is 619. The molecule has 0 saturated heterocycles. The van der Waals surface area contributed by atoms with E-state index < -0.39 is 6.10 Å². The van der Waals surface area contributed by atoms with Crippen molar-refractivity contribution in [2.75, 3.05) is 18.5 Å². The van der Waals surface area contributed by atoms with Gasteiger partial charge in [0.05, 0.1) is 16.9 Å². The van der Waals surface area contributed by atoms with E-state index in [9.17, 15) is 5.11 Å². The van der Waals surface area contributed by atoms with E-state index in [1.807, 2.05) is 6.07 Å². The number of aliphatic hydroxyl groups is 1. The minimum absolute atomic E-state index is 0.495. The first-order valence-electron chi connectivity index (χ1n) is 6.77. The highest BCUT2D eigenvalue weighted by atomic mass is 35.5. The van der Waals surface area contributed by atoms with E-state index in [2.05, 4.69) is 29.2 Å². The molecule has 1 aliphatic rings. The number of fused-ring (bicyclic) bond motifs is 1. The SMILES string of the molecule is CN1CCCc2cc(C(O)c3c(Cl)cnn3C)ccc21. The van der Waals surface area contributed by atoms with Gasteiger partial charge in [0, 0.05) is 26.3 Å². The summed E-state index contributed by atoms with van der Waals surface area (Å²) in [5, 5.41) is 15.1. The first-order valence-corrected chi connectivity index (χ1v) is 7.15. The van der Waals surface area contributed by atoms with Gasteiger partial charge < -0.3 is 10.0 Å². The molecule has 0 amide bonds. The number of hydrogen-bond acceptors (Lipinski definition) is 3. The van der Waals surface area contributed by atoms with Crippen LogP contribution in [0.15, 0.2) is 24.4 Å². The molecular weight excluding hydrogens is 274 g/mol. The Balaban J connectivity index is 1.99. The van der Waals surface area contributed by atoms with Gasteiger partial charge in [-0.1, -0.05) is 23.7 Å². The third kappa shape index (κ3) is 2.19. The molecule has 1 aliphatic heterocycles. The number of hydrogen-bond donors (Lipinski definition) is 1.